The minimum absolute atomic E-state index is 0.702. The van der Waals surface area contributed by atoms with Gasteiger partial charge in [-0.05, 0) is 12.5 Å². The van der Waals surface area contributed by atoms with Gasteiger partial charge in [0.2, 0.25) is 0 Å². The molecule has 0 saturated heterocycles. The summed E-state index contributed by atoms with van der Waals surface area (Å²) >= 11 is 0. The number of nitrogens with two attached hydrogens (primary N) is 1. The van der Waals surface area contributed by atoms with Crippen molar-refractivity contribution in [3.8, 4) is 0 Å². The minimum Gasteiger partial charge on any atom is -0.226 e. The molecule has 1 aromatic rings. The first-order valence-electron chi connectivity index (χ1n) is 4.12. The molecule has 0 unspecified atom stereocenters. The molecule has 4 heteroatoms. The summed E-state index contributed by atoms with van der Waals surface area (Å²) < 4.78 is 0. The Balaban J connectivity index is 2.41. The highest BCUT2D eigenvalue weighted by Gasteiger charge is 1.95. The van der Waals surface area contributed by atoms with Gasteiger partial charge in [0.25, 0.3) is 0 Å². The van der Waals surface area contributed by atoms with Gasteiger partial charge in [0, 0.05) is 13.6 Å². The summed E-state index contributed by atoms with van der Waals surface area (Å²) in [5.41, 5.74) is 5.40. The Morgan fingerprint density at radius 1 is 1.38 bits per heavy atom. The van der Waals surface area contributed by atoms with Gasteiger partial charge in [-0.25, -0.2) is 5.43 Å². The molecule has 0 aliphatic carbocycles. The third kappa shape index (κ3) is 3.52. The number of nitrogens with zero attached hydrogens (tertiary/aromatic N) is 1. The number of aryl methyl sites for hydroxylation is 1. The van der Waals surface area contributed by atoms with E-state index in [2.05, 4.69) is 41.6 Å². The molecule has 0 bridgehead atoms. The minimum atomic E-state index is 0.702. The van der Waals surface area contributed by atoms with Crippen molar-refractivity contribution in [2.75, 3.05) is 7.05 Å². The molecule has 13 heavy (non-hydrogen) atoms. The SMILES string of the molecule is Cc1ccc(CNN(C)ON)cc1. The maximum atomic E-state index is 4.92. The molecule has 1 rings (SSSR count). The summed E-state index contributed by atoms with van der Waals surface area (Å²) in [6.45, 7) is 2.76. The Bertz CT molecular complexity index is 248. The normalized spacial score (nSPS) is 10.8. The molecule has 0 aliphatic heterocycles. The monoisotopic (exact) mass is 181 g/mol. The Hall–Kier alpha value is -0.940. The lowest BCUT2D eigenvalue weighted by atomic mass is 10.1. The van der Waals surface area contributed by atoms with Gasteiger partial charge in [-0.3, -0.25) is 0 Å². The topological polar surface area (TPSA) is 50.5 Å². The first-order valence-corrected chi connectivity index (χ1v) is 4.12. The van der Waals surface area contributed by atoms with Crippen LogP contribution in [0.5, 0.6) is 0 Å². The van der Waals surface area contributed by atoms with E-state index in [1.807, 2.05) is 0 Å². The largest absolute Gasteiger partial charge is 0.226 e. The number of hydrogen-bond donors (Lipinski definition) is 2. The molecule has 0 spiro atoms. The fraction of sp³-hybridized carbons (Fsp3) is 0.333. The molecular weight excluding hydrogens is 166 g/mol. The van der Waals surface area contributed by atoms with Gasteiger partial charge in [-0.15, -0.1) is 5.17 Å². The van der Waals surface area contributed by atoms with Gasteiger partial charge < -0.3 is 0 Å². The van der Waals surface area contributed by atoms with Crippen molar-refractivity contribution in [2.24, 2.45) is 5.90 Å². The molecule has 3 N–H and O–H groups in total. The van der Waals surface area contributed by atoms with Crippen LogP contribution >= 0.6 is 0 Å². The first kappa shape index (κ1) is 10.1. The maximum absolute atomic E-state index is 4.92. The van der Waals surface area contributed by atoms with Crippen LogP contribution in [-0.2, 0) is 11.5 Å². The molecule has 0 radical (unpaired) electrons. The van der Waals surface area contributed by atoms with Crippen molar-refractivity contribution in [1.29, 1.82) is 0 Å². The molecule has 0 atom stereocenters. The van der Waals surface area contributed by atoms with Crippen LogP contribution < -0.4 is 11.3 Å². The zero-order chi connectivity index (χ0) is 9.68. The second kappa shape index (κ2) is 4.94. The molecule has 0 saturated carbocycles. The van der Waals surface area contributed by atoms with E-state index in [0.29, 0.717) is 6.54 Å². The molecule has 0 aliphatic rings. The maximum Gasteiger partial charge on any atom is 0.0376 e. The zero-order valence-electron chi connectivity index (χ0n) is 7.95. The van der Waals surface area contributed by atoms with E-state index in [4.69, 9.17) is 5.90 Å². The summed E-state index contributed by atoms with van der Waals surface area (Å²) in [4.78, 5) is 4.42. The van der Waals surface area contributed by atoms with Crippen molar-refractivity contribution in [2.45, 2.75) is 13.5 Å². The lowest BCUT2D eigenvalue weighted by molar-refractivity contribution is -0.182. The number of benzene rings is 1. The predicted molar refractivity (Wildman–Crippen MR) is 51.1 cm³/mol. The van der Waals surface area contributed by atoms with Crippen molar-refractivity contribution < 1.29 is 4.94 Å². The van der Waals surface area contributed by atoms with Gasteiger partial charge in [0.1, 0.15) is 0 Å². The van der Waals surface area contributed by atoms with E-state index in [1.54, 1.807) is 7.05 Å². The molecule has 1 aromatic carbocycles. The third-order valence-corrected chi connectivity index (χ3v) is 1.78. The molecule has 4 nitrogen and oxygen atoms in total. The number of hydrogen-bond acceptors (Lipinski definition) is 4. The summed E-state index contributed by atoms with van der Waals surface area (Å²) in [5.74, 6) is 4.92. The molecule has 0 aromatic heterocycles. The Labute approximate surface area is 78.2 Å². The Morgan fingerprint density at radius 2 is 2.00 bits per heavy atom. The van der Waals surface area contributed by atoms with Gasteiger partial charge >= 0.3 is 0 Å². The smallest absolute Gasteiger partial charge is 0.0376 e. The van der Waals surface area contributed by atoms with Crippen LogP contribution in [0.4, 0.5) is 0 Å². The summed E-state index contributed by atoms with van der Waals surface area (Å²) in [6, 6.07) is 8.26. The highest BCUT2D eigenvalue weighted by atomic mass is 16.8. The Kier molecular flexibility index (Phi) is 3.85. The van der Waals surface area contributed by atoms with Crippen LogP contribution in [0.15, 0.2) is 24.3 Å². The van der Waals surface area contributed by atoms with Crippen LogP contribution in [0.2, 0.25) is 0 Å². The second-order valence-corrected chi connectivity index (χ2v) is 2.92. The zero-order valence-corrected chi connectivity index (χ0v) is 7.95. The van der Waals surface area contributed by atoms with E-state index in [-0.39, 0.29) is 0 Å². The fourth-order valence-corrected chi connectivity index (χ4v) is 0.946. The van der Waals surface area contributed by atoms with Crippen molar-refractivity contribution >= 4 is 0 Å². The van der Waals surface area contributed by atoms with Crippen molar-refractivity contribution in [3.63, 3.8) is 0 Å². The van der Waals surface area contributed by atoms with Crippen LogP contribution in [0.25, 0.3) is 0 Å². The van der Waals surface area contributed by atoms with Crippen molar-refractivity contribution in [3.05, 3.63) is 35.4 Å². The molecule has 72 valence electrons. The van der Waals surface area contributed by atoms with E-state index >= 15 is 0 Å². The van der Waals surface area contributed by atoms with E-state index in [0.717, 1.165) is 0 Å². The second-order valence-electron chi connectivity index (χ2n) is 2.92. The number of hydrazine groups is 1. The van der Waals surface area contributed by atoms with Gasteiger partial charge in [-0.1, -0.05) is 29.8 Å². The van der Waals surface area contributed by atoms with Gasteiger partial charge in [0.15, 0.2) is 0 Å². The van der Waals surface area contributed by atoms with E-state index in [9.17, 15) is 0 Å². The highest BCUT2D eigenvalue weighted by molar-refractivity contribution is 5.20. The average molecular weight is 181 g/mol. The van der Waals surface area contributed by atoms with Gasteiger partial charge in [0.05, 0.1) is 0 Å². The summed E-state index contributed by atoms with van der Waals surface area (Å²) in [5, 5.41) is 1.36. The van der Waals surface area contributed by atoms with Crippen LogP contribution in [0, 0.1) is 6.92 Å². The summed E-state index contributed by atoms with van der Waals surface area (Å²) in [6.07, 6.45) is 0. The quantitative estimate of drug-likeness (QED) is 0.672. The number of hydroxylamine groups is 1. The van der Waals surface area contributed by atoms with E-state index in [1.165, 1.54) is 16.3 Å². The molecule has 0 amide bonds. The van der Waals surface area contributed by atoms with E-state index < -0.39 is 0 Å². The predicted octanol–water partition coefficient (Wildman–Crippen LogP) is 0.737. The van der Waals surface area contributed by atoms with Crippen LogP contribution in [0.1, 0.15) is 11.1 Å². The molecule has 0 fully saturated rings. The highest BCUT2D eigenvalue weighted by Crippen LogP contribution is 2.02. The number of nitrogens with one attached hydrogen (secondary N) is 1. The number of rotatable bonds is 4. The lowest BCUT2D eigenvalue weighted by Crippen LogP contribution is -2.36. The third-order valence-electron chi connectivity index (χ3n) is 1.78. The molecular formula is C9H15N3O. The lowest BCUT2D eigenvalue weighted by Gasteiger charge is -2.13. The van der Waals surface area contributed by atoms with Crippen molar-refractivity contribution in [1.82, 2.24) is 10.6 Å². The molecule has 0 heterocycles. The fourth-order valence-electron chi connectivity index (χ4n) is 0.946. The standard InChI is InChI=1S/C9H15N3O/c1-8-3-5-9(6-4-8)7-11-12(2)13-10/h3-6,11H,7,10H2,1-2H3. The van der Waals surface area contributed by atoms with Crippen LogP contribution in [0.3, 0.4) is 0 Å². The van der Waals surface area contributed by atoms with Gasteiger partial charge in [-0.2, -0.15) is 10.8 Å². The Morgan fingerprint density at radius 3 is 2.54 bits per heavy atom. The summed E-state index contributed by atoms with van der Waals surface area (Å²) in [7, 11) is 1.70. The first-order chi connectivity index (χ1) is 6.22. The van der Waals surface area contributed by atoms with Crippen LogP contribution in [-0.4, -0.2) is 12.2 Å². The average Bonchev–Trinajstić information content (AvgIpc) is 2.16.